The molecule has 1 amide bonds. The van der Waals surface area contributed by atoms with E-state index >= 15 is 0 Å². The van der Waals surface area contributed by atoms with Crippen molar-refractivity contribution >= 4 is 49.8 Å². The number of carbonyl (C=O) groups excluding carboxylic acids is 2. The van der Waals surface area contributed by atoms with E-state index in [1.807, 2.05) is 30.3 Å². The van der Waals surface area contributed by atoms with Gasteiger partial charge in [-0.15, -0.1) is 28.1 Å². The Balaban J connectivity index is 1.49. The van der Waals surface area contributed by atoms with Crippen molar-refractivity contribution in [1.29, 1.82) is 0 Å². The molecule has 2 heterocycles. The van der Waals surface area contributed by atoms with Crippen LogP contribution in [-0.4, -0.2) is 47.4 Å². The van der Waals surface area contributed by atoms with Gasteiger partial charge in [-0.2, -0.15) is 0 Å². The van der Waals surface area contributed by atoms with Crippen LogP contribution in [-0.2, 0) is 31.7 Å². The van der Waals surface area contributed by atoms with Crippen molar-refractivity contribution in [2.45, 2.75) is 29.3 Å². The zero-order valence-corrected chi connectivity index (χ0v) is 23.5. The molecule has 0 aliphatic rings. The predicted molar refractivity (Wildman–Crippen MR) is 153 cm³/mol. The molecule has 0 radical (unpaired) electrons. The van der Waals surface area contributed by atoms with Crippen LogP contribution in [0.4, 0.5) is 5.00 Å². The first-order valence-electron chi connectivity index (χ1n) is 11.9. The minimum absolute atomic E-state index is 0.0401. The van der Waals surface area contributed by atoms with Gasteiger partial charge in [-0.1, -0.05) is 66.4 Å². The van der Waals surface area contributed by atoms with Crippen molar-refractivity contribution in [3.63, 3.8) is 0 Å². The van der Waals surface area contributed by atoms with Crippen LogP contribution in [0.3, 0.4) is 0 Å². The quantitative estimate of drug-likeness (QED) is 0.140. The van der Waals surface area contributed by atoms with Crippen molar-refractivity contribution < 1.29 is 22.7 Å². The molecule has 4 aromatic rings. The van der Waals surface area contributed by atoms with Gasteiger partial charge in [0.15, 0.2) is 15.0 Å². The highest BCUT2D eigenvalue weighted by atomic mass is 32.2. The fraction of sp³-hybridized carbons (Fsp3) is 0.185. The number of nitrogens with one attached hydrogen (secondary N) is 1. The average Bonchev–Trinajstić information content (AvgIpc) is 3.52. The van der Waals surface area contributed by atoms with Gasteiger partial charge in [0.05, 0.1) is 22.8 Å². The summed E-state index contributed by atoms with van der Waals surface area (Å²) in [6.45, 7) is 5.93. The number of rotatable bonds is 12. The smallest absolute Gasteiger partial charge is 0.341 e. The SMILES string of the molecule is C=CCn1c(CS(=O)(=O)c2ccccc2)nnc1SCC(=O)Nc1sc(-c2ccccc2)cc1C(=O)OCC. The molecular weight excluding hydrogens is 557 g/mol. The molecule has 12 heteroatoms. The van der Waals surface area contributed by atoms with Crippen molar-refractivity contribution in [2.75, 3.05) is 17.7 Å². The number of allylic oxidation sites excluding steroid dienone is 1. The summed E-state index contributed by atoms with van der Waals surface area (Å²) in [4.78, 5) is 26.5. The number of nitrogens with zero attached hydrogens (tertiary/aromatic N) is 3. The highest BCUT2D eigenvalue weighted by Gasteiger charge is 2.23. The summed E-state index contributed by atoms with van der Waals surface area (Å²) in [6, 6.07) is 19.4. The second-order valence-corrected chi connectivity index (χ2v) is 12.1. The topological polar surface area (TPSA) is 120 Å². The van der Waals surface area contributed by atoms with Gasteiger partial charge in [-0.3, -0.25) is 4.79 Å². The van der Waals surface area contributed by atoms with E-state index in [-0.39, 0.29) is 46.8 Å². The normalized spacial score (nSPS) is 11.2. The molecule has 0 saturated carbocycles. The Bertz CT molecular complexity index is 1570. The van der Waals surface area contributed by atoms with Gasteiger partial charge >= 0.3 is 5.97 Å². The summed E-state index contributed by atoms with van der Waals surface area (Å²) in [5.74, 6) is -1.02. The number of thioether (sulfide) groups is 1. The maximum absolute atomic E-state index is 12.9. The van der Waals surface area contributed by atoms with Crippen molar-refractivity contribution in [3.8, 4) is 10.4 Å². The Morgan fingerprint density at radius 1 is 1.10 bits per heavy atom. The number of ether oxygens (including phenoxy) is 1. The summed E-state index contributed by atoms with van der Waals surface area (Å²) in [5.41, 5.74) is 1.20. The minimum atomic E-state index is -3.64. The summed E-state index contributed by atoms with van der Waals surface area (Å²) < 4.78 is 32.5. The second kappa shape index (κ2) is 12.9. The van der Waals surface area contributed by atoms with E-state index in [2.05, 4.69) is 22.1 Å². The highest BCUT2D eigenvalue weighted by molar-refractivity contribution is 7.99. The Morgan fingerprint density at radius 2 is 1.79 bits per heavy atom. The maximum atomic E-state index is 12.9. The van der Waals surface area contributed by atoms with E-state index in [4.69, 9.17) is 4.74 Å². The van der Waals surface area contributed by atoms with Gasteiger partial charge in [-0.25, -0.2) is 13.2 Å². The molecule has 39 heavy (non-hydrogen) atoms. The lowest BCUT2D eigenvalue weighted by Gasteiger charge is -2.09. The van der Waals surface area contributed by atoms with Crippen molar-refractivity contribution in [1.82, 2.24) is 14.8 Å². The van der Waals surface area contributed by atoms with Crippen LogP contribution in [0.2, 0.25) is 0 Å². The standard InChI is InChI=1S/C27H26N4O5S3/c1-3-15-31-23(18-39(34,35)20-13-9-6-10-14-20)29-30-27(31)37-17-24(32)28-25-21(26(33)36-4-2)16-22(38-25)19-11-7-5-8-12-19/h3,5-14,16H,1,4,15,17-18H2,2H3,(H,28,32). The lowest BCUT2D eigenvalue weighted by atomic mass is 10.1. The van der Waals surface area contributed by atoms with E-state index in [0.717, 1.165) is 22.2 Å². The first-order valence-corrected chi connectivity index (χ1v) is 15.4. The number of amides is 1. The van der Waals surface area contributed by atoms with Crippen molar-refractivity contribution in [3.05, 3.63) is 90.8 Å². The molecule has 0 fully saturated rings. The van der Waals surface area contributed by atoms with Gasteiger partial charge in [0.2, 0.25) is 5.91 Å². The summed E-state index contributed by atoms with van der Waals surface area (Å²) in [5, 5.41) is 11.8. The molecule has 1 N–H and O–H groups in total. The fourth-order valence-electron chi connectivity index (χ4n) is 3.61. The van der Waals surface area contributed by atoms with E-state index in [0.29, 0.717) is 10.2 Å². The molecule has 0 spiro atoms. The fourth-order valence-corrected chi connectivity index (χ4v) is 6.73. The number of esters is 1. The summed E-state index contributed by atoms with van der Waals surface area (Å²) in [7, 11) is -3.64. The number of carbonyl (C=O) groups is 2. The van der Waals surface area contributed by atoms with Gasteiger partial charge < -0.3 is 14.6 Å². The van der Waals surface area contributed by atoms with Crippen LogP contribution < -0.4 is 5.32 Å². The van der Waals surface area contributed by atoms with E-state index in [9.17, 15) is 18.0 Å². The molecule has 202 valence electrons. The largest absolute Gasteiger partial charge is 0.462 e. The maximum Gasteiger partial charge on any atom is 0.341 e. The van der Waals surface area contributed by atoms with Gasteiger partial charge in [0, 0.05) is 11.4 Å². The minimum Gasteiger partial charge on any atom is -0.462 e. The second-order valence-electron chi connectivity index (χ2n) is 8.15. The Labute approximate surface area is 234 Å². The van der Waals surface area contributed by atoms with Crippen LogP contribution >= 0.6 is 23.1 Å². The third-order valence-electron chi connectivity index (χ3n) is 5.40. The van der Waals surface area contributed by atoms with Crippen LogP contribution in [0.25, 0.3) is 10.4 Å². The summed E-state index contributed by atoms with van der Waals surface area (Å²) >= 11 is 2.39. The number of thiophene rings is 1. The predicted octanol–water partition coefficient (Wildman–Crippen LogP) is 5.07. The average molecular weight is 583 g/mol. The van der Waals surface area contributed by atoms with Crippen LogP contribution in [0.15, 0.2) is 89.4 Å². The number of sulfone groups is 1. The molecule has 0 unspecified atom stereocenters. The third kappa shape index (κ3) is 7.02. The number of hydrogen-bond donors (Lipinski definition) is 1. The lowest BCUT2D eigenvalue weighted by molar-refractivity contribution is -0.113. The lowest BCUT2D eigenvalue weighted by Crippen LogP contribution is -2.16. The molecule has 0 aliphatic heterocycles. The van der Waals surface area contributed by atoms with Crippen LogP contribution in [0.5, 0.6) is 0 Å². The third-order valence-corrected chi connectivity index (χ3v) is 9.09. The molecule has 2 aromatic heterocycles. The molecule has 0 saturated heterocycles. The van der Waals surface area contributed by atoms with Crippen LogP contribution in [0.1, 0.15) is 23.1 Å². The highest BCUT2D eigenvalue weighted by Crippen LogP contribution is 2.36. The number of benzene rings is 2. The number of hydrogen-bond acceptors (Lipinski definition) is 9. The zero-order valence-electron chi connectivity index (χ0n) is 21.1. The molecule has 0 atom stereocenters. The van der Waals surface area contributed by atoms with E-state index < -0.39 is 15.8 Å². The Hall–Kier alpha value is -3.74. The first kappa shape index (κ1) is 28.3. The van der Waals surface area contributed by atoms with Gasteiger partial charge in [0.1, 0.15) is 16.6 Å². The Morgan fingerprint density at radius 3 is 2.46 bits per heavy atom. The first-order chi connectivity index (χ1) is 18.8. The molecule has 4 rings (SSSR count). The summed E-state index contributed by atoms with van der Waals surface area (Å²) in [6.07, 6.45) is 1.61. The molecule has 0 bridgehead atoms. The molecule has 0 aliphatic carbocycles. The van der Waals surface area contributed by atoms with E-state index in [1.54, 1.807) is 41.8 Å². The number of aromatic nitrogens is 3. The zero-order chi connectivity index (χ0) is 27.8. The monoisotopic (exact) mass is 582 g/mol. The van der Waals surface area contributed by atoms with Gasteiger partial charge in [0.25, 0.3) is 0 Å². The molecular formula is C27H26N4O5S3. The molecule has 2 aromatic carbocycles. The van der Waals surface area contributed by atoms with Crippen molar-refractivity contribution in [2.24, 2.45) is 0 Å². The van der Waals surface area contributed by atoms with Crippen LogP contribution in [0, 0.1) is 0 Å². The molecule has 9 nitrogen and oxygen atoms in total. The Kier molecular flexibility index (Phi) is 9.33. The van der Waals surface area contributed by atoms with E-state index in [1.165, 1.54) is 23.5 Å². The number of anilines is 1. The van der Waals surface area contributed by atoms with Gasteiger partial charge in [-0.05, 0) is 30.7 Å².